The SMILES string of the molecule is CCCCCCN(C(=O)C1=C(C(N)=O)CCCC1)c1cc(OC(C)P(C)CC)c(Cl)cc1Cl. The van der Waals surface area contributed by atoms with Crippen molar-refractivity contribution < 1.29 is 14.3 Å². The largest absolute Gasteiger partial charge is 0.485 e. The Morgan fingerprint density at radius 3 is 2.36 bits per heavy atom. The Hall–Kier alpha value is -1.29. The molecule has 0 saturated carbocycles. The minimum absolute atomic E-state index is 0.0211. The summed E-state index contributed by atoms with van der Waals surface area (Å²) < 4.78 is 6.19. The Morgan fingerprint density at radius 1 is 1.09 bits per heavy atom. The number of hydrogen-bond acceptors (Lipinski definition) is 3. The van der Waals surface area contributed by atoms with Gasteiger partial charge < -0.3 is 15.4 Å². The van der Waals surface area contributed by atoms with E-state index in [0.29, 0.717) is 52.0 Å². The Bertz CT molecular complexity index is 875. The molecular formula is C25H37Cl2N2O3P. The molecule has 0 heterocycles. The molecule has 184 valence electrons. The van der Waals surface area contributed by atoms with Gasteiger partial charge in [0, 0.05) is 23.8 Å². The summed E-state index contributed by atoms with van der Waals surface area (Å²) in [5.41, 5.74) is 7.13. The van der Waals surface area contributed by atoms with Crippen LogP contribution in [0.5, 0.6) is 5.75 Å². The summed E-state index contributed by atoms with van der Waals surface area (Å²) in [6, 6.07) is 3.41. The van der Waals surface area contributed by atoms with Crippen molar-refractivity contribution in [3.05, 3.63) is 33.3 Å². The average Bonchev–Trinajstić information content (AvgIpc) is 2.80. The van der Waals surface area contributed by atoms with Gasteiger partial charge in [-0.2, -0.15) is 0 Å². The van der Waals surface area contributed by atoms with E-state index in [2.05, 4.69) is 20.5 Å². The van der Waals surface area contributed by atoms with Crippen molar-refractivity contribution in [2.45, 2.75) is 78.0 Å². The maximum absolute atomic E-state index is 13.7. The van der Waals surface area contributed by atoms with Crippen LogP contribution in [0.2, 0.25) is 10.0 Å². The van der Waals surface area contributed by atoms with Crippen LogP contribution in [0.15, 0.2) is 23.3 Å². The molecule has 0 radical (unpaired) electrons. The first-order valence-electron chi connectivity index (χ1n) is 11.9. The third-order valence-electron chi connectivity index (χ3n) is 6.21. The summed E-state index contributed by atoms with van der Waals surface area (Å²) in [7, 11) is -0.311. The van der Waals surface area contributed by atoms with E-state index in [1.165, 1.54) is 0 Å². The highest BCUT2D eigenvalue weighted by molar-refractivity contribution is 7.57. The molecule has 1 aliphatic rings. The number of primary amides is 1. The summed E-state index contributed by atoms with van der Waals surface area (Å²) >= 11 is 13.1. The van der Waals surface area contributed by atoms with E-state index >= 15 is 0 Å². The minimum Gasteiger partial charge on any atom is -0.485 e. The van der Waals surface area contributed by atoms with Crippen LogP contribution in [0.1, 0.15) is 72.1 Å². The van der Waals surface area contributed by atoms with Crippen molar-refractivity contribution >= 4 is 48.6 Å². The standard InChI is InChI=1S/C25H37Cl2N2O3P/c1-5-7-8-11-14-29(25(31)19-13-10-9-12-18(19)24(28)30)22-16-23(21(27)15-20(22)26)32-17(3)33(4)6-2/h15-17H,5-14H2,1-4H3,(H2,28,30). The maximum atomic E-state index is 13.7. The molecule has 0 fully saturated rings. The predicted molar refractivity (Wildman–Crippen MR) is 141 cm³/mol. The van der Waals surface area contributed by atoms with Crippen LogP contribution in [0.25, 0.3) is 0 Å². The van der Waals surface area contributed by atoms with E-state index in [1.807, 2.05) is 6.92 Å². The lowest BCUT2D eigenvalue weighted by Gasteiger charge is -2.29. The second kappa shape index (κ2) is 13.6. The minimum atomic E-state index is -0.514. The second-order valence-electron chi connectivity index (χ2n) is 8.57. The molecule has 5 nitrogen and oxygen atoms in total. The lowest BCUT2D eigenvalue weighted by atomic mass is 9.90. The van der Waals surface area contributed by atoms with Gasteiger partial charge in [-0.3, -0.25) is 9.59 Å². The van der Waals surface area contributed by atoms with E-state index in [0.717, 1.165) is 44.7 Å². The second-order valence-corrected chi connectivity index (χ2v) is 12.3. The number of carbonyl (C=O) groups excluding carboxylic acids is 2. The number of unbranched alkanes of at least 4 members (excludes halogenated alkanes) is 3. The molecule has 1 aromatic rings. The van der Waals surface area contributed by atoms with Gasteiger partial charge in [0.15, 0.2) is 0 Å². The fourth-order valence-electron chi connectivity index (χ4n) is 3.95. The number of nitrogens with two attached hydrogens (primary N) is 1. The number of ether oxygens (including phenoxy) is 1. The average molecular weight is 515 g/mol. The number of hydrogen-bond donors (Lipinski definition) is 1. The van der Waals surface area contributed by atoms with Crippen molar-refractivity contribution in [3.8, 4) is 5.75 Å². The van der Waals surface area contributed by atoms with Gasteiger partial charge in [0.05, 0.1) is 15.7 Å². The zero-order valence-electron chi connectivity index (χ0n) is 20.3. The molecule has 33 heavy (non-hydrogen) atoms. The highest BCUT2D eigenvalue weighted by Gasteiger charge is 2.29. The van der Waals surface area contributed by atoms with Crippen LogP contribution >= 0.6 is 31.1 Å². The first-order valence-corrected chi connectivity index (χ1v) is 14.7. The molecule has 2 unspecified atom stereocenters. The first-order chi connectivity index (χ1) is 15.7. The van der Waals surface area contributed by atoms with Crippen LogP contribution in [0.3, 0.4) is 0 Å². The summed E-state index contributed by atoms with van der Waals surface area (Å²) in [5.74, 6) is -0.173. The quantitative estimate of drug-likeness (QED) is 0.238. The zero-order valence-corrected chi connectivity index (χ0v) is 22.7. The van der Waals surface area contributed by atoms with Gasteiger partial charge >= 0.3 is 0 Å². The number of rotatable bonds is 12. The summed E-state index contributed by atoms with van der Waals surface area (Å²) in [4.78, 5) is 27.5. The highest BCUT2D eigenvalue weighted by atomic mass is 35.5. The fourth-order valence-corrected chi connectivity index (χ4v) is 5.29. The normalized spacial score (nSPS) is 15.8. The molecule has 2 rings (SSSR count). The number of carbonyl (C=O) groups is 2. The maximum Gasteiger partial charge on any atom is 0.254 e. The first kappa shape index (κ1) is 28.0. The van der Waals surface area contributed by atoms with Crippen molar-refractivity contribution in [1.82, 2.24) is 0 Å². The van der Waals surface area contributed by atoms with E-state index in [9.17, 15) is 9.59 Å². The Labute approximate surface area is 209 Å². The number of amides is 2. The van der Waals surface area contributed by atoms with Crippen molar-refractivity contribution in [2.75, 3.05) is 24.3 Å². The van der Waals surface area contributed by atoms with Crippen molar-refractivity contribution in [2.24, 2.45) is 5.73 Å². The third-order valence-corrected chi connectivity index (χ3v) is 9.16. The van der Waals surface area contributed by atoms with E-state index in [1.54, 1.807) is 17.0 Å². The van der Waals surface area contributed by atoms with Crippen LogP contribution in [-0.2, 0) is 9.59 Å². The summed E-state index contributed by atoms with van der Waals surface area (Å²) in [5, 5.41) is 0.804. The zero-order chi connectivity index (χ0) is 24.5. The summed E-state index contributed by atoms with van der Waals surface area (Å²) in [6.45, 7) is 9.02. The third kappa shape index (κ3) is 7.60. The smallest absolute Gasteiger partial charge is 0.254 e. The van der Waals surface area contributed by atoms with Crippen LogP contribution in [0, 0.1) is 0 Å². The van der Waals surface area contributed by atoms with Gasteiger partial charge in [0.25, 0.3) is 5.91 Å². The lowest BCUT2D eigenvalue weighted by Crippen LogP contribution is -2.36. The van der Waals surface area contributed by atoms with Crippen LogP contribution in [0.4, 0.5) is 5.69 Å². The van der Waals surface area contributed by atoms with Crippen LogP contribution < -0.4 is 15.4 Å². The molecule has 0 spiro atoms. The number of anilines is 1. The monoisotopic (exact) mass is 514 g/mol. The summed E-state index contributed by atoms with van der Waals surface area (Å²) in [6.07, 6.45) is 7.88. The number of nitrogens with zero attached hydrogens (tertiary/aromatic N) is 1. The van der Waals surface area contributed by atoms with Gasteiger partial charge in [-0.15, -0.1) is 0 Å². The molecule has 2 N–H and O–H groups in total. The molecule has 8 heteroatoms. The van der Waals surface area contributed by atoms with Gasteiger partial charge in [0.2, 0.25) is 5.91 Å². The van der Waals surface area contributed by atoms with E-state index < -0.39 is 5.91 Å². The van der Waals surface area contributed by atoms with E-state index in [-0.39, 0.29) is 19.7 Å². The fraction of sp³-hybridized carbons (Fsp3) is 0.600. The number of benzene rings is 1. The molecular weight excluding hydrogens is 478 g/mol. The molecule has 1 aliphatic carbocycles. The molecule has 1 aromatic carbocycles. The van der Waals surface area contributed by atoms with Gasteiger partial charge in [-0.1, -0.05) is 64.2 Å². The van der Waals surface area contributed by atoms with Gasteiger partial charge in [-0.25, -0.2) is 0 Å². The number of halogens is 2. The van der Waals surface area contributed by atoms with Crippen LogP contribution in [-0.4, -0.2) is 37.0 Å². The molecule has 0 aliphatic heterocycles. The molecule has 0 aromatic heterocycles. The predicted octanol–water partition coefficient (Wildman–Crippen LogP) is 7.12. The topological polar surface area (TPSA) is 72.6 Å². The Morgan fingerprint density at radius 2 is 1.76 bits per heavy atom. The molecule has 2 atom stereocenters. The van der Waals surface area contributed by atoms with Gasteiger partial charge in [0.1, 0.15) is 11.6 Å². The highest BCUT2D eigenvalue weighted by Crippen LogP contribution is 2.42. The molecule has 2 amide bonds. The Balaban J connectivity index is 2.47. The van der Waals surface area contributed by atoms with E-state index in [4.69, 9.17) is 33.7 Å². The van der Waals surface area contributed by atoms with Gasteiger partial charge in [-0.05, 0) is 57.9 Å². The molecule has 0 saturated heterocycles. The van der Waals surface area contributed by atoms with Crippen molar-refractivity contribution in [3.63, 3.8) is 0 Å². The Kier molecular flexibility index (Phi) is 11.5. The van der Waals surface area contributed by atoms with Crippen molar-refractivity contribution in [1.29, 1.82) is 0 Å². The lowest BCUT2D eigenvalue weighted by molar-refractivity contribution is -0.117. The molecule has 0 bridgehead atoms.